The Morgan fingerprint density at radius 2 is 1.82 bits per heavy atom. The molecule has 28 heavy (non-hydrogen) atoms. The largest absolute Gasteiger partial charge is 0.491 e. The quantitative estimate of drug-likeness (QED) is 0.800. The summed E-state index contributed by atoms with van der Waals surface area (Å²) in [5.74, 6) is -1.11. The van der Waals surface area contributed by atoms with E-state index in [1.54, 1.807) is 0 Å². The summed E-state index contributed by atoms with van der Waals surface area (Å²) in [5.41, 5.74) is 1.83. The van der Waals surface area contributed by atoms with E-state index < -0.39 is 17.5 Å². The fourth-order valence-electron chi connectivity index (χ4n) is 3.93. The minimum Gasteiger partial charge on any atom is -0.491 e. The van der Waals surface area contributed by atoms with Gasteiger partial charge in [0.2, 0.25) is 0 Å². The van der Waals surface area contributed by atoms with Crippen LogP contribution in [-0.4, -0.2) is 41.9 Å². The maximum Gasteiger partial charge on any atom is 0.257 e. The van der Waals surface area contributed by atoms with Crippen LogP contribution < -0.4 is 4.74 Å². The number of halogens is 2. The van der Waals surface area contributed by atoms with Crippen LogP contribution in [0.4, 0.5) is 8.78 Å². The number of piperidine rings is 1. The lowest BCUT2D eigenvalue weighted by molar-refractivity contribution is 0.0728. The SMILES string of the molecule is O=C(c1cc(F)ccc1F)N1CCOc2ccc(CN3CCCCC3)cc2C1. The van der Waals surface area contributed by atoms with Gasteiger partial charge in [-0.2, -0.15) is 0 Å². The van der Waals surface area contributed by atoms with Crippen LogP contribution in [0, 0.1) is 11.6 Å². The number of rotatable bonds is 3. The first kappa shape index (κ1) is 18.9. The molecule has 1 fully saturated rings. The van der Waals surface area contributed by atoms with Crippen molar-refractivity contribution in [2.24, 2.45) is 0 Å². The molecule has 4 nitrogen and oxygen atoms in total. The van der Waals surface area contributed by atoms with Crippen LogP contribution in [0.1, 0.15) is 40.7 Å². The molecule has 4 rings (SSSR count). The Morgan fingerprint density at radius 3 is 2.64 bits per heavy atom. The zero-order valence-electron chi connectivity index (χ0n) is 15.8. The Morgan fingerprint density at radius 1 is 1.00 bits per heavy atom. The van der Waals surface area contributed by atoms with Gasteiger partial charge in [0.25, 0.3) is 5.91 Å². The number of likely N-dealkylation sites (tertiary alicyclic amines) is 1. The molecule has 6 heteroatoms. The predicted octanol–water partition coefficient (Wildman–Crippen LogP) is 3.99. The van der Waals surface area contributed by atoms with Gasteiger partial charge in [0, 0.05) is 18.7 Å². The van der Waals surface area contributed by atoms with E-state index in [0.29, 0.717) is 19.7 Å². The Hall–Kier alpha value is -2.47. The summed E-state index contributed by atoms with van der Waals surface area (Å²) in [6.07, 6.45) is 3.76. The number of benzene rings is 2. The average molecular weight is 386 g/mol. The monoisotopic (exact) mass is 386 g/mol. The third kappa shape index (κ3) is 4.17. The van der Waals surface area contributed by atoms with Gasteiger partial charge in [-0.05, 0) is 61.8 Å². The van der Waals surface area contributed by atoms with E-state index in [9.17, 15) is 13.6 Å². The number of ether oxygens (including phenoxy) is 1. The van der Waals surface area contributed by atoms with Gasteiger partial charge in [-0.1, -0.05) is 12.5 Å². The van der Waals surface area contributed by atoms with E-state index in [0.717, 1.165) is 49.1 Å². The standard InChI is InChI=1S/C22H24F2N2O2/c23-18-5-6-20(24)19(13-18)22(27)26-10-11-28-21-7-4-16(12-17(21)15-26)14-25-8-2-1-3-9-25/h4-7,12-13H,1-3,8-11,14-15H2. The summed E-state index contributed by atoms with van der Waals surface area (Å²) < 4.78 is 33.3. The van der Waals surface area contributed by atoms with Gasteiger partial charge < -0.3 is 9.64 Å². The maximum absolute atomic E-state index is 14.0. The summed E-state index contributed by atoms with van der Waals surface area (Å²) in [4.78, 5) is 16.8. The summed E-state index contributed by atoms with van der Waals surface area (Å²) in [6.45, 7) is 4.05. The molecule has 0 N–H and O–H groups in total. The molecule has 148 valence electrons. The Kier molecular flexibility index (Phi) is 5.57. The van der Waals surface area contributed by atoms with E-state index >= 15 is 0 Å². The van der Waals surface area contributed by atoms with E-state index in [-0.39, 0.29) is 5.56 Å². The molecule has 2 aromatic carbocycles. The molecule has 2 aliphatic heterocycles. The summed E-state index contributed by atoms with van der Waals surface area (Å²) in [6, 6.07) is 9.04. The molecular weight excluding hydrogens is 362 g/mol. The number of hydrogen-bond donors (Lipinski definition) is 0. The number of carbonyl (C=O) groups excluding carboxylic acids is 1. The van der Waals surface area contributed by atoms with Crippen molar-refractivity contribution >= 4 is 5.91 Å². The predicted molar refractivity (Wildman–Crippen MR) is 102 cm³/mol. The van der Waals surface area contributed by atoms with Gasteiger partial charge in [0.05, 0.1) is 12.1 Å². The second-order valence-corrected chi connectivity index (χ2v) is 7.48. The smallest absolute Gasteiger partial charge is 0.257 e. The molecule has 0 aliphatic carbocycles. The van der Waals surface area contributed by atoms with Crippen molar-refractivity contribution in [3.8, 4) is 5.75 Å². The molecule has 0 radical (unpaired) electrons. The minimum absolute atomic E-state index is 0.243. The molecule has 2 aliphatic rings. The normalized spacial score (nSPS) is 17.6. The van der Waals surface area contributed by atoms with Crippen LogP contribution in [0.2, 0.25) is 0 Å². The molecule has 1 amide bonds. The Bertz CT molecular complexity index is 866. The van der Waals surface area contributed by atoms with E-state index in [2.05, 4.69) is 17.0 Å². The third-order valence-corrected chi connectivity index (χ3v) is 5.41. The van der Waals surface area contributed by atoms with Gasteiger partial charge >= 0.3 is 0 Å². The van der Waals surface area contributed by atoms with Crippen molar-refractivity contribution < 1.29 is 18.3 Å². The summed E-state index contributed by atoms with van der Waals surface area (Å²) >= 11 is 0. The second kappa shape index (κ2) is 8.27. The van der Waals surface area contributed by atoms with Crippen molar-refractivity contribution in [2.45, 2.75) is 32.4 Å². The maximum atomic E-state index is 14.0. The van der Waals surface area contributed by atoms with Gasteiger partial charge in [-0.25, -0.2) is 8.78 Å². The molecule has 1 saturated heterocycles. The van der Waals surface area contributed by atoms with Gasteiger partial charge in [-0.3, -0.25) is 9.69 Å². The highest BCUT2D eigenvalue weighted by Crippen LogP contribution is 2.27. The molecule has 0 unspecified atom stereocenters. The highest BCUT2D eigenvalue weighted by molar-refractivity contribution is 5.94. The molecule has 0 saturated carbocycles. The van der Waals surface area contributed by atoms with Crippen LogP contribution >= 0.6 is 0 Å². The Balaban J connectivity index is 1.54. The highest BCUT2D eigenvalue weighted by atomic mass is 19.1. The number of amides is 1. The second-order valence-electron chi connectivity index (χ2n) is 7.48. The first-order valence-corrected chi connectivity index (χ1v) is 9.81. The fraction of sp³-hybridized carbons (Fsp3) is 0.409. The first-order valence-electron chi connectivity index (χ1n) is 9.81. The lowest BCUT2D eigenvalue weighted by atomic mass is 10.1. The van der Waals surface area contributed by atoms with Crippen LogP contribution in [-0.2, 0) is 13.1 Å². The van der Waals surface area contributed by atoms with E-state index in [1.165, 1.54) is 29.7 Å². The third-order valence-electron chi connectivity index (χ3n) is 5.41. The average Bonchev–Trinajstić information content (AvgIpc) is 2.92. The summed E-state index contributed by atoms with van der Waals surface area (Å²) in [5, 5.41) is 0. The number of fused-ring (bicyclic) bond motifs is 1. The topological polar surface area (TPSA) is 32.8 Å². The van der Waals surface area contributed by atoms with Crippen LogP contribution in [0.5, 0.6) is 5.75 Å². The van der Waals surface area contributed by atoms with Gasteiger partial charge in [0.15, 0.2) is 0 Å². The molecular formula is C22H24F2N2O2. The number of nitrogens with zero attached hydrogens (tertiary/aromatic N) is 2. The van der Waals surface area contributed by atoms with Crippen molar-refractivity contribution in [1.29, 1.82) is 0 Å². The summed E-state index contributed by atoms with van der Waals surface area (Å²) in [7, 11) is 0. The van der Waals surface area contributed by atoms with Crippen molar-refractivity contribution in [1.82, 2.24) is 9.80 Å². The molecule has 0 bridgehead atoms. The minimum atomic E-state index is -0.712. The zero-order chi connectivity index (χ0) is 19.5. The van der Waals surface area contributed by atoms with Gasteiger partial charge in [0.1, 0.15) is 24.0 Å². The lowest BCUT2D eigenvalue weighted by Gasteiger charge is -2.26. The fourth-order valence-corrected chi connectivity index (χ4v) is 3.93. The zero-order valence-corrected chi connectivity index (χ0v) is 15.8. The highest BCUT2D eigenvalue weighted by Gasteiger charge is 2.24. The van der Waals surface area contributed by atoms with Crippen LogP contribution in [0.25, 0.3) is 0 Å². The van der Waals surface area contributed by atoms with Crippen LogP contribution in [0.15, 0.2) is 36.4 Å². The van der Waals surface area contributed by atoms with E-state index in [1.807, 2.05) is 6.07 Å². The Labute approximate surface area is 163 Å². The van der Waals surface area contributed by atoms with Gasteiger partial charge in [-0.15, -0.1) is 0 Å². The molecule has 0 atom stereocenters. The van der Waals surface area contributed by atoms with Crippen LogP contribution in [0.3, 0.4) is 0 Å². The first-order chi connectivity index (χ1) is 13.6. The molecule has 2 heterocycles. The van der Waals surface area contributed by atoms with Crippen molar-refractivity contribution in [2.75, 3.05) is 26.2 Å². The molecule has 0 spiro atoms. The lowest BCUT2D eigenvalue weighted by Crippen LogP contribution is -2.33. The molecule has 2 aromatic rings. The molecule has 0 aromatic heterocycles. The van der Waals surface area contributed by atoms with Crippen molar-refractivity contribution in [3.05, 3.63) is 64.7 Å². The van der Waals surface area contributed by atoms with E-state index in [4.69, 9.17) is 4.74 Å². The van der Waals surface area contributed by atoms with Crippen molar-refractivity contribution in [3.63, 3.8) is 0 Å². The number of hydrogen-bond acceptors (Lipinski definition) is 3. The number of carbonyl (C=O) groups is 1.